The fourth-order valence-electron chi connectivity index (χ4n) is 1.35. The largest absolute Gasteiger partial charge is 0.480 e. The Morgan fingerprint density at radius 3 is 2.58 bits per heavy atom. The third-order valence-electron chi connectivity index (χ3n) is 2.70. The minimum Gasteiger partial charge on any atom is -0.480 e. The molecule has 0 bridgehead atoms. The van der Waals surface area contributed by atoms with Crippen molar-refractivity contribution >= 4 is 42.5 Å². The highest BCUT2D eigenvalue weighted by Gasteiger charge is 2.41. The molecule has 2 amide bonds. The van der Waals surface area contributed by atoms with E-state index in [1.807, 2.05) is 8.09 Å². The fourth-order valence-corrected chi connectivity index (χ4v) is 2.78. The van der Waals surface area contributed by atoms with Crippen LogP contribution in [0.4, 0.5) is 0 Å². The Morgan fingerprint density at radius 1 is 1.42 bits per heavy atom. The maximum absolute atomic E-state index is 11.8. The molecule has 0 spiro atoms. The van der Waals surface area contributed by atoms with Gasteiger partial charge in [-0.15, -0.1) is 0 Å². The van der Waals surface area contributed by atoms with Crippen LogP contribution in [0.15, 0.2) is 21.8 Å². The summed E-state index contributed by atoms with van der Waals surface area (Å²) in [5, 5.41) is 13.9. The molecule has 6 nitrogen and oxygen atoms in total. The zero-order valence-electron chi connectivity index (χ0n) is 10.6. The molecule has 0 fully saturated rings. The summed E-state index contributed by atoms with van der Waals surface area (Å²) < 4.78 is 3.87. The van der Waals surface area contributed by atoms with Crippen molar-refractivity contribution in [3.05, 3.63) is 21.8 Å². The summed E-state index contributed by atoms with van der Waals surface area (Å²) in [6, 6.07) is 0. The number of aliphatic carboxylic acids is 1. The van der Waals surface area contributed by atoms with E-state index >= 15 is 0 Å². The number of halogens is 1. The second-order valence-electron chi connectivity index (χ2n) is 4.07. The van der Waals surface area contributed by atoms with Crippen LogP contribution in [0.25, 0.3) is 0 Å². The average molecular weight is 378 g/mol. The molecular weight excluding hydrogens is 363 g/mol. The highest BCUT2D eigenvalue weighted by molar-refractivity contribution is 14.2. The molecule has 104 valence electrons. The molecule has 1 aliphatic rings. The monoisotopic (exact) mass is 378 g/mol. The second kappa shape index (κ2) is 6.60. The van der Waals surface area contributed by atoms with Gasteiger partial charge in [0.25, 0.3) is 5.91 Å². The summed E-state index contributed by atoms with van der Waals surface area (Å²) >= 11 is -0.115. The Balaban J connectivity index is 2.73. The molecule has 1 aliphatic heterocycles. The summed E-state index contributed by atoms with van der Waals surface area (Å²) in [4.78, 5) is 34.6. The molecule has 1 heterocycles. The van der Waals surface area contributed by atoms with Crippen molar-refractivity contribution in [2.75, 3.05) is 13.6 Å². The molecule has 3 N–H and O–H groups in total. The van der Waals surface area contributed by atoms with E-state index in [0.29, 0.717) is 5.57 Å². The quantitative estimate of drug-likeness (QED) is 0.470. The summed E-state index contributed by atoms with van der Waals surface area (Å²) in [5.41, 5.74) is -1.21. The van der Waals surface area contributed by atoms with Gasteiger partial charge in [-0.25, -0.2) is 0 Å². The zero-order chi connectivity index (χ0) is 14.5. The van der Waals surface area contributed by atoms with Crippen LogP contribution in [-0.4, -0.2) is 40.5 Å². The molecule has 1 rings (SSSR count). The molecule has 0 aromatic heterocycles. The highest BCUT2D eigenvalue weighted by atomic mass is 127. The first kappa shape index (κ1) is 15.5. The van der Waals surface area contributed by atoms with Gasteiger partial charge in [0.1, 0.15) is 0 Å². The number of carboxylic acids is 1. The predicted molar refractivity (Wildman–Crippen MR) is 80.1 cm³/mol. The number of carboxylic acid groups (broad SMARTS) is 1. The van der Waals surface area contributed by atoms with Gasteiger partial charge in [0.05, 0.1) is 0 Å². The van der Waals surface area contributed by atoms with E-state index < -0.39 is 17.3 Å². The maximum Gasteiger partial charge on any atom is 0.320 e. The van der Waals surface area contributed by atoms with E-state index in [-0.39, 0.29) is 33.2 Å². The average Bonchev–Trinajstić information content (AvgIpc) is 2.44. The third-order valence-corrected chi connectivity index (χ3v) is 4.25. The molecule has 0 saturated carbocycles. The Bertz CT molecular complexity index is 496. The molecule has 7 heteroatoms. The van der Waals surface area contributed by atoms with Crippen molar-refractivity contribution in [2.24, 2.45) is 5.41 Å². The highest BCUT2D eigenvalue weighted by Crippen LogP contribution is 2.16. The van der Waals surface area contributed by atoms with Gasteiger partial charge in [-0.05, 0) is 27.2 Å². The minimum atomic E-state index is -1.68. The minimum absolute atomic E-state index is 0.115. The molecule has 0 saturated heterocycles. The summed E-state index contributed by atoms with van der Waals surface area (Å²) in [6.45, 7) is 1.01. The summed E-state index contributed by atoms with van der Waals surface area (Å²) in [5.74, 6) is -2.31. The second-order valence-corrected chi connectivity index (χ2v) is 6.22. The number of allylic oxidation sites excluding steroid dienone is 1. The third kappa shape index (κ3) is 3.72. The molecule has 19 heavy (non-hydrogen) atoms. The Hall–Kier alpha value is -1.51. The van der Waals surface area contributed by atoms with Crippen LogP contribution in [-0.2, 0) is 14.4 Å². The first-order chi connectivity index (χ1) is 8.91. The van der Waals surface area contributed by atoms with Gasteiger partial charge in [0, 0.05) is 19.2 Å². The van der Waals surface area contributed by atoms with E-state index in [1.165, 1.54) is 14.0 Å². The summed E-state index contributed by atoms with van der Waals surface area (Å²) in [7, 11) is 1.36. The van der Waals surface area contributed by atoms with Crippen molar-refractivity contribution in [1.29, 1.82) is 0 Å². The zero-order valence-corrected chi connectivity index (χ0v) is 12.7. The number of amides is 2. The Morgan fingerprint density at radius 2 is 2.11 bits per heavy atom. The van der Waals surface area contributed by atoms with Crippen LogP contribution < -0.4 is 10.6 Å². The normalized spacial score (nSPS) is 16.6. The topological polar surface area (TPSA) is 95.5 Å². The number of hydrogen-bond acceptors (Lipinski definition) is 3. The molecule has 1 atom stereocenters. The smallest absolute Gasteiger partial charge is 0.320 e. The lowest BCUT2D eigenvalue weighted by Crippen LogP contribution is -2.50. The summed E-state index contributed by atoms with van der Waals surface area (Å²) in [6.07, 6.45) is 3.42. The SMILES string of the molecule is CNC(=O)[C@](C)(CNC(=O)C1=CC=IC=C1)C(=O)O. The van der Waals surface area contributed by atoms with Gasteiger partial charge in [0.15, 0.2) is 5.41 Å². The van der Waals surface area contributed by atoms with Crippen molar-refractivity contribution in [3.8, 4) is 0 Å². The van der Waals surface area contributed by atoms with Crippen LogP contribution in [0, 0.1) is 5.41 Å². The van der Waals surface area contributed by atoms with Gasteiger partial charge < -0.3 is 15.7 Å². The lowest BCUT2D eigenvalue weighted by Gasteiger charge is -2.23. The van der Waals surface area contributed by atoms with Crippen LogP contribution in [0.2, 0.25) is 0 Å². The lowest BCUT2D eigenvalue weighted by atomic mass is 9.89. The van der Waals surface area contributed by atoms with Gasteiger partial charge in [0.2, 0.25) is 5.91 Å². The fraction of sp³-hybridized carbons (Fsp3) is 0.333. The van der Waals surface area contributed by atoms with Crippen molar-refractivity contribution in [3.63, 3.8) is 0 Å². The number of carbonyl (C=O) groups is 3. The van der Waals surface area contributed by atoms with E-state index in [9.17, 15) is 14.4 Å². The standard InChI is InChI=1S/C12H15IN2O4/c1-12(11(18)19,10(17)14-2)7-15-9(16)8-3-5-13-6-4-8/h3-6H,7H2,1-2H3,(H,14,17)(H,15,16)(H,18,19)/t12-/m0/s1. The number of carbonyl (C=O) groups excluding carboxylic acids is 2. The Kier molecular flexibility index (Phi) is 5.40. The van der Waals surface area contributed by atoms with E-state index in [0.717, 1.165) is 0 Å². The van der Waals surface area contributed by atoms with Gasteiger partial charge in [-0.1, -0.05) is 20.7 Å². The molecule has 0 radical (unpaired) electrons. The number of rotatable bonds is 5. The van der Waals surface area contributed by atoms with Crippen molar-refractivity contribution in [1.82, 2.24) is 10.6 Å². The molecule has 0 aromatic carbocycles. The molecule has 0 unspecified atom stereocenters. The Labute approximate surface area is 120 Å². The van der Waals surface area contributed by atoms with Gasteiger partial charge in [-0.3, -0.25) is 14.4 Å². The van der Waals surface area contributed by atoms with E-state index in [2.05, 4.69) is 10.6 Å². The van der Waals surface area contributed by atoms with Crippen LogP contribution >= 0.6 is 20.7 Å². The van der Waals surface area contributed by atoms with Crippen LogP contribution in [0.3, 0.4) is 0 Å². The molecular formula is C12H15IN2O4. The first-order valence-electron chi connectivity index (χ1n) is 5.47. The number of nitrogens with one attached hydrogen (secondary N) is 2. The lowest BCUT2D eigenvalue weighted by molar-refractivity contribution is -0.154. The van der Waals surface area contributed by atoms with Crippen LogP contribution in [0.1, 0.15) is 6.92 Å². The first-order valence-corrected chi connectivity index (χ1v) is 7.96. The van der Waals surface area contributed by atoms with Crippen molar-refractivity contribution in [2.45, 2.75) is 6.92 Å². The van der Waals surface area contributed by atoms with Gasteiger partial charge in [-0.2, -0.15) is 0 Å². The molecule has 0 aliphatic carbocycles. The van der Waals surface area contributed by atoms with Crippen LogP contribution in [0.5, 0.6) is 0 Å². The van der Waals surface area contributed by atoms with E-state index in [4.69, 9.17) is 5.11 Å². The maximum atomic E-state index is 11.8. The predicted octanol–water partition coefficient (Wildman–Crippen LogP) is 0.166. The van der Waals surface area contributed by atoms with E-state index in [1.54, 1.807) is 12.2 Å². The number of hydrogen-bond donors (Lipinski definition) is 3. The molecule has 0 aromatic rings. The van der Waals surface area contributed by atoms with Crippen molar-refractivity contribution < 1.29 is 19.5 Å². The van der Waals surface area contributed by atoms with Gasteiger partial charge >= 0.3 is 5.97 Å².